The second kappa shape index (κ2) is 7.69. The molecule has 0 aliphatic carbocycles. The van der Waals surface area contributed by atoms with Gasteiger partial charge in [0.1, 0.15) is 5.75 Å². The first-order chi connectivity index (χ1) is 11.3. The zero-order chi connectivity index (χ0) is 17.7. The van der Waals surface area contributed by atoms with Crippen LogP contribution in [0.15, 0.2) is 24.3 Å². The number of nitrogens with one attached hydrogen (secondary N) is 1. The van der Waals surface area contributed by atoms with Gasteiger partial charge >= 0.3 is 0 Å². The van der Waals surface area contributed by atoms with Gasteiger partial charge in [-0.15, -0.1) is 0 Å². The number of nitrogens with zero attached hydrogens (tertiary/aromatic N) is 1. The van der Waals surface area contributed by atoms with Gasteiger partial charge in [0.25, 0.3) is 5.91 Å². The van der Waals surface area contributed by atoms with E-state index in [1.54, 1.807) is 11.9 Å². The van der Waals surface area contributed by atoms with Gasteiger partial charge < -0.3 is 15.0 Å². The van der Waals surface area contributed by atoms with E-state index in [1.807, 2.05) is 24.3 Å². The standard InChI is InChI=1S/C19H28N2O3/c1-19(2,3)15-5-7-16(8-6-15)24-13-17(22)21-11-9-14(10-12-21)18(23)20-4/h5-8,14H,9-13H2,1-4H3,(H,20,23). The molecular formula is C19H28N2O3. The Morgan fingerprint density at radius 2 is 1.75 bits per heavy atom. The Kier molecular flexibility index (Phi) is 5.86. The number of carbonyl (C=O) groups is 2. The van der Waals surface area contributed by atoms with Gasteiger partial charge in [0.15, 0.2) is 6.61 Å². The van der Waals surface area contributed by atoms with E-state index in [-0.39, 0.29) is 29.8 Å². The molecule has 0 radical (unpaired) electrons. The first kappa shape index (κ1) is 18.3. The molecule has 1 fully saturated rings. The third-order valence-electron chi connectivity index (χ3n) is 4.55. The summed E-state index contributed by atoms with van der Waals surface area (Å²) in [5.74, 6) is 0.768. The molecule has 0 saturated carbocycles. The van der Waals surface area contributed by atoms with Gasteiger partial charge in [-0.25, -0.2) is 0 Å². The monoisotopic (exact) mass is 332 g/mol. The number of benzene rings is 1. The van der Waals surface area contributed by atoms with E-state index in [1.165, 1.54) is 5.56 Å². The molecule has 1 N–H and O–H groups in total. The number of rotatable bonds is 4. The van der Waals surface area contributed by atoms with Crippen LogP contribution >= 0.6 is 0 Å². The second-order valence-electron chi connectivity index (χ2n) is 7.33. The van der Waals surface area contributed by atoms with Crippen molar-refractivity contribution in [1.29, 1.82) is 0 Å². The maximum atomic E-state index is 12.2. The molecule has 5 heteroatoms. The summed E-state index contributed by atoms with van der Waals surface area (Å²) in [5, 5.41) is 2.67. The van der Waals surface area contributed by atoms with Crippen LogP contribution in [0.25, 0.3) is 0 Å². The van der Waals surface area contributed by atoms with E-state index in [0.717, 1.165) is 0 Å². The number of piperidine rings is 1. The minimum Gasteiger partial charge on any atom is -0.484 e. The molecule has 0 spiro atoms. The number of likely N-dealkylation sites (tertiary alicyclic amines) is 1. The van der Waals surface area contributed by atoms with Gasteiger partial charge in [-0.2, -0.15) is 0 Å². The highest BCUT2D eigenvalue weighted by molar-refractivity contribution is 5.80. The first-order valence-corrected chi connectivity index (χ1v) is 8.54. The molecule has 1 aromatic carbocycles. The Balaban J connectivity index is 1.80. The Hall–Kier alpha value is -2.04. The van der Waals surface area contributed by atoms with Crippen molar-refractivity contribution in [3.05, 3.63) is 29.8 Å². The lowest BCUT2D eigenvalue weighted by molar-refractivity contribution is -0.137. The molecular weight excluding hydrogens is 304 g/mol. The van der Waals surface area contributed by atoms with Crippen molar-refractivity contribution in [2.45, 2.75) is 39.0 Å². The van der Waals surface area contributed by atoms with Crippen molar-refractivity contribution in [3.8, 4) is 5.75 Å². The summed E-state index contributed by atoms with van der Waals surface area (Å²) in [6, 6.07) is 7.89. The average Bonchev–Trinajstić information content (AvgIpc) is 2.58. The summed E-state index contributed by atoms with van der Waals surface area (Å²) in [6.07, 6.45) is 1.43. The lowest BCUT2D eigenvalue weighted by atomic mass is 9.87. The number of carbonyl (C=O) groups excluding carboxylic acids is 2. The molecule has 0 bridgehead atoms. The maximum Gasteiger partial charge on any atom is 0.260 e. The van der Waals surface area contributed by atoms with Crippen LogP contribution in [0.2, 0.25) is 0 Å². The molecule has 2 amide bonds. The van der Waals surface area contributed by atoms with Crippen LogP contribution < -0.4 is 10.1 Å². The molecule has 2 rings (SSSR count). The molecule has 0 aromatic heterocycles. The van der Waals surface area contributed by atoms with Crippen molar-refractivity contribution < 1.29 is 14.3 Å². The Morgan fingerprint density at radius 3 is 2.25 bits per heavy atom. The quantitative estimate of drug-likeness (QED) is 0.921. The van der Waals surface area contributed by atoms with Crippen molar-refractivity contribution in [3.63, 3.8) is 0 Å². The highest BCUT2D eigenvalue weighted by Crippen LogP contribution is 2.24. The summed E-state index contributed by atoms with van der Waals surface area (Å²) in [4.78, 5) is 25.6. The SMILES string of the molecule is CNC(=O)C1CCN(C(=O)COc2ccc(C(C)(C)C)cc2)CC1. The third-order valence-corrected chi connectivity index (χ3v) is 4.55. The third kappa shape index (κ3) is 4.73. The zero-order valence-electron chi connectivity index (χ0n) is 15.1. The predicted molar refractivity (Wildman–Crippen MR) is 94.0 cm³/mol. The molecule has 1 saturated heterocycles. The number of hydrogen-bond donors (Lipinski definition) is 1. The van der Waals surface area contributed by atoms with Crippen LogP contribution in [0, 0.1) is 5.92 Å². The van der Waals surface area contributed by atoms with E-state index in [2.05, 4.69) is 26.1 Å². The topological polar surface area (TPSA) is 58.6 Å². The molecule has 0 atom stereocenters. The lowest BCUT2D eigenvalue weighted by Crippen LogP contribution is -2.44. The van der Waals surface area contributed by atoms with E-state index < -0.39 is 0 Å². The van der Waals surface area contributed by atoms with Gasteiger partial charge in [0.05, 0.1) is 0 Å². The molecule has 1 aliphatic heterocycles. The fraction of sp³-hybridized carbons (Fsp3) is 0.579. The molecule has 0 unspecified atom stereocenters. The van der Waals surface area contributed by atoms with Crippen LogP contribution in [0.4, 0.5) is 0 Å². The van der Waals surface area contributed by atoms with Crippen molar-refractivity contribution in [2.75, 3.05) is 26.7 Å². The smallest absolute Gasteiger partial charge is 0.260 e. The summed E-state index contributed by atoms with van der Waals surface area (Å²) in [5.41, 5.74) is 1.33. The molecule has 132 valence electrons. The van der Waals surface area contributed by atoms with E-state index in [0.29, 0.717) is 31.7 Å². The Bertz CT molecular complexity index is 567. The normalized spacial score (nSPS) is 15.9. The van der Waals surface area contributed by atoms with Crippen LogP contribution in [-0.4, -0.2) is 43.5 Å². The molecule has 1 heterocycles. The summed E-state index contributed by atoms with van der Waals surface area (Å²) in [6.45, 7) is 7.75. The van der Waals surface area contributed by atoms with Crippen LogP contribution in [0.3, 0.4) is 0 Å². The zero-order valence-corrected chi connectivity index (χ0v) is 15.1. The summed E-state index contributed by atoms with van der Waals surface area (Å²) >= 11 is 0. The van der Waals surface area contributed by atoms with Gasteiger partial charge in [-0.1, -0.05) is 32.9 Å². The first-order valence-electron chi connectivity index (χ1n) is 8.54. The van der Waals surface area contributed by atoms with Gasteiger partial charge in [0, 0.05) is 26.1 Å². The van der Waals surface area contributed by atoms with Crippen LogP contribution in [0.5, 0.6) is 5.75 Å². The van der Waals surface area contributed by atoms with E-state index >= 15 is 0 Å². The van der Waals surface area contributed by atoms with Crippen molar-refractivity contribution in [2.24, 2.45) is 5.92 Å². The fourth-order valence-corrected chi connectivity index (χ4v) is 2.88. The Labute approximate surface area is 144 Å². The second-order valence-corrected chi connectivity index (χ2v) is 7.33. The highest BCUT2D eigenvalue weighted by Gasteiger charge is 2.26. The minimum atomic E-state index is -0.0229. The average molecular weight is 332 g/mol. The van der Waals surface area contributed by atoms with E-state index in [9.17, 15) is 9.59 Å². The maximum absolute atomic E-state index is 12.2. The molecule has 24 heavy (non-hydrogen) atoms. The van der Waals surface area contributed by atoms with Gasteiger partial charge in [0.2, 0.25) is 5.91 Å². The largest absolute Gasteiger partial charge is 0.484 e. The molecule has 5 nitrogen and oxygen atoms in total. The highest BCUT2D eigenvalue weighted by atomic mass is 16.5. The van der Waals surface area contributed by atoms with Gasteiger partial charge in [-0.05, 0) is 36.0 Å². The van der Waals surface area contributed by atoms with Crippen LogP contribution in [0.1, 0.15) is 39.2 Å². The fourth-order valence-electron chi connectivity index (χ4n) is 2.88. The minimum absolute atomic E-state index is 0.0184. The number of ether oxygens (including phenoxy) is 1. The van der Waals surface area contributed by atoms with Crippen molar-refractivity contribution >= 4 is 11.8 Å². The molecule has 1 aliphatic rings. The van der Waals surface area contributed by atoms with Crippen molar-refractivity contribution in [1.82, 2.24) is 10.2 Å². The summed E-state index contributed by atoms with van der Waals surface area (Å²) < 4.78 is 5.61. The molecule has 1 aromatic rings. The number of amides is 2. The van der Waals surface area contributed by atoms with E-state index in [4.69, 9.17) is 4.74 Å². The predicted octanol–water partition coefficient (Wildman–Crippen LogP) is 2.35. The van der Waals surface area contributed by atoms with Gasteiger partial charge in [-0.3, -0.25) is 9.59 Å². The lowest BCUT2D eigenvalue weighted by Gasteiger charge is -2.31. The Morgan fingerprint density at radius 1 is 1.17 bits per heavy atom. The summed E-state index contributed by atoms with van der Waals surface area (Å²) in [7, 11) is 1.65. The number of hydrogen-bond acceptors (Lipinski definition) is 3. The van der Waals surface area contributed by atoms with Crippen LogP contribution in [-0.2, 0) is 15.0 Å².